The molecule has 0 amide bonds. The van der Waals surface area contributed by atoms with Crippen molar-refractivity contribution in [3.8, 4) is 0 Å². The molecule has 0 spiro atoms. The summed E-state index contributed by atoms with van der Waals surface area (Å²) >= 11 is 6.29. The molecule has 1 atom stereocenters. The molecule has 1 N–H and O–H groups in total. The molecule has 0 aromatic heterocycles. The van der Waals surface area contributed by atoms with E-state index in [1.807, 2.05) is 25.2 Å². The van der Waals surface area contributed by atoms with E-state index in [4.69, 9.17) is 16.3 Å². The second-order valence-corrected chi connectivity index (χ2v) is 4.65. The van der Waals surface area contributed by atoms with Crippen LogP contribution in [0.25, 0.3) is 0 Å². The van der Waals surface area contributed by atoms with Crippen LogP contribution >= 0.6 is 11.6 Å². The summed E-state index contributed by atoms with van der Waals surface area (Å²) in [5.41, 5.74) is 1.20. The van der Waals surface area contributed by atoms with E-state index in [0.29, 0.717) is 6.04 Å². The summed E-state index contributed by atoms with van der Waals surface area (Å²) < 4.78 is 5.40. The van der Waals surface area contributed by atoms with Gasteiger partial charge in [-0.05, 0) is 18.7 Å². The molecule has 3 nitrogen and oxygen atoms in total. The number of ether oxygens (including phenoxy) is 1. The normalized spacial score (nSPS) is 19.2. The predicted molar refractivity (Wildman–Crippen MR) is 70.5 cm³/mol. The topological polar surface area (TPSA) is 24.5 Å². The highest BCUT2D eigenvalue weighted by atomic mass is 35.5. The van der Waals surface area contributed by atoms with Crippen LogP contribution in [-0.4, -0.2) is 44.8 Å². The molecular weight excluding hydrogens is 236 g/mol. The van der Waals surface area contributed by atoms with E-state index in [-0.39, 0.29) is 0 Å². The number of hydrogen-bond acceptors (Lipinski definition) is 3. The quantitative estimate of drug-likeness (QED) is 0.889. The number of nitrogens with one attached hydrogen (secondary N) is 1. The van der Waals surface area contributed by atoms with Crippen molar-refractivity contribution in [2.45, 2.75) is 6.04 Å². The highest BCUT2D eigenvalue weighted by Crippen LogP contribution is 2.27. The fourth-order valence-corrected chi connectivity index (χ4v) is 2.53. The first-order valence-electron chi connectivity index (χ1n) is 6.03. The molecule has 0 aliphatic carbocycles. The van der Waals surface area contributed by atoms with Crippen LogP contribution < -0.4 is 5.32 Å². The van der Waals surface area contributed by atoms with Crippen LogP contribution in [0.4, 0.5) is 0 Å². The Hall–Kier alpha value is -0.610. The maximum atomic E-state index is 6.29. The molecular formula is C13H19ClN2O. The van der Waals surface area contributed by atoms with E-state index >= 15 is 0 Å². The van der Waals surface area contributed by atoms with E-state index in [0.717, 1.165) is 37.9 Å². The van der Waals surface area contributed by atoms with Crippen molar-refractivity contribution in [1.82, 2.24) is 10.2 Å². The van der Waals surface area contributed by atoms with E-state index in [9.17, 15) is 0 Å². The van der Waals surface area contributed by atoms with Gasteiger partial charge in [0.1, 0.15) is 0 Å². The van der Waals surface area contributed by atoms with Gasteiger partial charge in [0.15, 0.2) is 0 Å². The van der Waals surface area contributed by atoms with Crippen LogP contribution in [0.1, 0.15) is 11.6 Å². The van der Waals surface area contributed by atoms with Crippen molar-refractivity contribution >= 4 is 11.6 Å². The smallest absolute Gasteiger partial charge is 0.0594 e. The molecule has 0 bridgehead atoms. The molecule has 1 aromatic rings. The third kappa shape index (κ3) is 3.19. The van der Waals surface area contributed by atoms with Crippen LogP contribution in [0.5, 0.6) is 0 Å². The zero-order valence-electron chi connectivity index (χ0n) is 10.2. The van der Waals surface area contributed by atoms with Gasteiger partial charge in [0.05, 0.1) is 13.2 Å². The van der Waals surface area contributed by atoms with Crippen LogP contribution in [0.2, 0.25) is 5.02 Å². The molecule has 0 saturated carbocycles. The third-order valence-corrected chi connectivity index (χ3v) is 3.49. The van der Waals surface area contributed by atoms with Crippen molar-refractivity contribution in [2.75, 3.05) is 39.9 Å². The number of likely N-dealkylation sites (N-methyl/N-ethyl adjacent to an activating group) is 1. The van der Waals surface area contributed by atoms with Gasteiger partial charge in [-0.2, -0.15) is 0 Å². The standard InChI is InChI=1S/C13H19ClN2O/c1-15-10-13(16-6-8-17-9-7-16)11-4-2-3-5-12(11)14/h2-5,13,15H,6-10H2,1H3/t13-/m1/s1. The zero-order valence-corrected chi connectivity index (χ0v) is 10.9. The van der Waals surface area contributed by atoms with Crippen LogP contribution in [0.3, 0.4) is 0 Å². The largest absolute Gasteiger partial charge is 0.379 e. The Morgan fingerprint density at radius 1 is 1.35 bits per heavy atom. The van der Waals surface area contributed by atoms with Gasteiger partial charge in [0.25, 0.3) is 0 Å². The van der Waals surface area contributed by atoms with Gasteiger partial charge in [-0.15, -0.1) is 0 Å². The van der Waals surface area contributed by atoms with Gasteiger partial charge in [0.2, 0.25) is 0 Å². The lowest BCUT2D eigenvalue weighted by atomic mass is 10.0. The van der Waals surface area contributed by atoms with Gasteiger partial charge in [-0.25, -0.2) is 0 Å². The Morgan fingerprint density at radius 2 is 2.06 bits per heavy atom. The zero-order chi connectivity index (χ0) is 12.1. The second-order valence-electron chi connectivity index (χ2n) is 4.24. The summed E-state index contributed by atoms with van der Waals surface area (Å²) in [4.78, 5) is 2.43. The molecule has 1 heterocycles. The molecule has 1 saturated heterocycles. The summed E-state index contributed by atoms with van der Waals surface area (Å²) in [7, 11) is 1.98. The minimum absolute atomic E-state index is 0.331. The number of rotatable bonds is 4. The summed E-state index contributed by atoms with van der Waals surface area (Å²) in [5, 5.41) is 4.10. The van der Waals surface area contributed by atoms with Gasteiger partial charge >= 0.3 is 0 Å². The summed E-state index contributed by atoms with van der Waals surface area (Å²) in [5.74, 6) is 0. The molecule has 0 unspecified atom stereocenters. The third-order valence-electron chi connectivity index (χ3n) is 3.15. The van der Waals surface area contributed by atoms with Crippen LogP contribution in [0, 0.1) is 0 Å². The summed E-state index contributed by atoms with van der Waals surface area (Å²) in [6.07, 6.45) is 0. The van der Waals surface area contributed by atoms with Crippen molar-refractivity contribution in [3.05, 3.63) is 34.9 Å². The van der Waals surface area contributed by atoms with E-state index < -0.39 is 0 Å². The minimum atomic E-state index is 0.331. The summed E-state index contributed by atoms with van der Waals surface area (Å²) in [6, 6.07) is 8.42. The molecule has 94 valence electrons. The van der Waals surface area contributed by atoms with Crippen molar-refractivity contribution in [2.24, 2.45) is 0 Å². The number of benzene rings is 1. The Bertz CT molecular complexity index is 353. The van der Waals surface area contributed by atoms with E-state index in [1.54, 1.807) is 0 Å². The van der Waals surface area contributed by atoms with Crippen molar-refractivity contribution < 1.29 is 4.74 Å². The first-order valence-corrected chi connectivity index (χ1v) is 6.41. The minimum Gasteiger partial charge on any atom is -0.379 e. The van der Waals surface area contributed by atoms with Gasteiger partial charge < -0.3 is 10.1 Å². The first-order chi connectivity index (χ1) is 8.33. The van der Waals surface area contributed by atoms with Crippen molar-refractivity contribution in [3.63, 3.8) is 0 Å². The first kappa shape index (κ1) is 12.8. The summed E-state index contributed by atoms with van der Waals surface area (Å²) in [6.45, 7) is 4.47. The molecule has 17 heavy (non-hydrogen) atoms. The lowest BCUT2D eigenvalue weighted by Gasteiger charge is -2.35. The SMILES string of the molecule is CNC[C@H](c1ccccc1Cl)N1CCOCC1. The Kier molecular flexibility index (Phi) is 4.80. The highest BCUT2D eigenvalue weighted by molar-refractivity contribution is 6.31. The van der Waals surface area contributed by atoms with Gasteiger partial charge in [-0.3, -0.25) is 4.90 Å². The number of morpholine rings is 1. The molecule has 1 aromatic carbocycles. The Morgan fingerprint density at radius 3 is 2.71 bits per heavy atom. The van der Waals surface area contributed by atoms with Gasteiger partial charge in [0, 0.05) is 30.7 Å². The molecule has 2 rings (SSSR count). The number of halogens is 1. The number of hydrogen-bond donors (Lipinski definition) is 1. The monoisotopic (exact) mass is 254 g/mol. The lowest BCUT2D eigenvalue weighted by Crippen LogP contribution is -2.42. The predicted octanol–water partition coefficient (Wildman–Crippen LogP) is 1.93. The molecule has 0 radical (unpaired) electrons. The molecule has 1 aliphatic rings. The average molecular weight is 255 g/mol. The fraction of sp³-hybridized carbons (Fsp3) is 0.538. The maximum Gasteiger partial charge on any atom is 0.0594 e. The molecule has 1 fully saturated rings. The highest BCUT2D eigenvalue weighted by Gasteiger charge is 2.23. The van der Waals surface area contributed by atoms with E-state index in [2.05, 4.69) is 16.3 Å². The van der Waals surface area contributed by atoms with E-state index in [1.165, 1.54) is 5.56 Å². The fourth-order valence-electron chi connectivity index (χ4n) is 2.26. The number of nitrogens with zero attached hydrogens (tertiary/aromatic N) is 1. The van der Waals surface area contributed by atoms with Gasteiger partial charge in [-0.1, -0.05) is 29.8 Å². The lowest BCUT2D eigenvalue weighted by molar-refractivity contribution is 0.0165. The second kappa shape index (κ2) is 6.36. The average Bonchev–Trinajstić information content (AvgIpc) is 2.38. The Labute approximate surface area is 108 Å². The maximum absolute atomic E-state index is 6.29. The molecule has 4 heteroatoms. The van der Waals surface area contributed by atoms with Crippen molar-refractivity contribution in [1.29, 1.82) is 0 Å². The van der Waals surface area contributed by atoms with Crippen LogP contribution in [0.15, 0.2) is 24.3 Å². The Balaban J connectivity index is 2.18. The molecule has 1 aliphatic heterocycles. The van der Waals surface area contributed by atoms with Crippen LogP contribution in [-0.2, 0) is 4.74 Å².